The first kappa shape index (κ1) is 23.3. The van der Waals surface area contributed by atoms with Gasteiger partial charge in [0.2, 0.25) is 10.0 Å². The maximum absolute atomic E-state index is 12.6. The van der Waals surface area contributed by atoms with Gasteiger partial charge in [0.1, 0.15) is 5.75 Å². The highest BCUT2D eigenvalue weighted by Gasteiger charge is 2.19. The third-order valence-electron chi connectivity index (χ3n) is 4.55. The van der Waals surface area contributed by atoms with Crippen molar-refractivity contribution in [2.24, 2.45) is 0 Å². The molecule has 0 saturated carbocycles. The Balaban J connectivity index is 2.00. The number of hydrogen-bond donors (Lipinski definition) is 1. The Kier molecular flexibility index (Phi) is 7.93. The van der Waals surface area contributed by atoms with Crippen LogP contribution < -0.4 is 23.8 Å². The Morgan fingerprint density at radius 2 is 1.70 bits per heavy atom. The lowest BCUT2D eigenvalue weighted by atomic mass is 10.2. The quantitative estimate of drug-likeness (QED) is 0.615. The van der Waals surface area contributed by atoms with Crippen LogP contribution in [0.4, 0.5) is 5.69 Å². The van der Waals surface area contributed by atoms with Crippen molar-refractivity contribution < 1.29 is 27.4 Å². The molecule has 0 fully saturated rings. The van der Waals surface area contributed by atoms with Crippen LogP contribution in [0.25, 0.3) is 0 Å². The molecule has 1 atom stereocenters. The van der Waals surface area contributed by atoms with Gasteiger partial charge in [-0.1, -0.05) is 13.0 Å². The molecule has 9 heteroatoms. The normalized spacial score (nSPS) is 12.0. The van der Waals surface area contributed by atoms with E-state index in [2.05, 4.69) is 5.32 Å². The second-order valence-electron chi connectivity index (χ2n) is 6.65. The molecule has 164 valence electrons. The number of ether oxygens (including phenoxy) is 3. The van der Waals surface area contributed by atoms with Gasteiger partial charge < -0.3 is 19.5 Å². The Bertz CT molecular complexity index is 960. The van der Waals surface area contributed by atoms with Gasteiger partial charge in [-0.15, -0.1) is 0 Å². The molecule has 0 radical (unpaired) electrons. The second-order valence-corrected chi connectivity index (χ2v) is 8.66. The first-order valence-corrected chi connectivity index (χ1v) is 11.2. The van der Waals surface area contributed by atoms with E-state index in [4.69, 9.17) is 14.2 Å². The number of hydrogen-bond acceptors (Lipinski definition) is 6. The number of methoxy groups -OCH3 is 2. The standard InChI is InChI=1S/C21H28N2O6S/c1-6-18(29-17-10-8-16(9-11-17)23(2)30(5,25)26)21(24)22-14-15-7-12-19(27-3)20(13-15)28-4/h7-13,18H,6,14H2,1-5H3,(H,22,24)/t18-/m1/s1. The van der Waals surface area contributed by atoms with Gasteiger partial charge in [0.15, 0.2) is 17.6 Å². The molecule has 2 aromatic carbocycles. The molecule has 0 spiro atoms. The maximum Gasteiger partial charge on any atom is 0.261 e. The average molecular weight is 437 g/mol. The van der Waals surface area contributed by atoms with E-state index in [1.807, 2.05) is 13.0 Å². The predicted octanol–water partition coefficient (Wildman–Crippen LogP) is 2.57. The molecule has 0 unspecified atom stereocenters. The van der Waals surface area contributed by atoms with Gasteiger partial charge in [-0.05, 0) is 48.4 Å². The van der Waals surface area contributed by atoms with Crippen LogP contribution in [0.2, 0.25) is 0 Å². The zero-order valence-electron chi connectivity index (χ0n) is 17.8. The molecule has 8 nitrogen and oxygen atoms in total. The Morgan fingerprint density at radius 3 is 2.23 bits per heavy atom. The topological polar surface area (TPSA) is 94.2 Å². The van der Waals surface area contributed by atoms with Crippen LogP contribution in [0.5, 0.6) is 17.2 Å². The highest BCUT2D eigenvalue weighted by molar-refractivity contribution is 7.92. The highest BCUT2D eigenvalue weighted by atomic mass is 32.2. The van der Waals surface area contributed by atoms with Gasteiger partial charge in [0.05, 0.1) is 26.2 Å². The lowest BCUT2D eigenvalue weighted by Gasteiger charge is -2.19. The van der Waals surface area contributed by atoms with Crippen molar-refractivity contribution in [2.75, 3.05) is 31.8 Å². The van der Waals surface area contributed by atoms with Gasteiger partial charge in [-0.2, -0.15) is 0 Å². The van der Waals surface area contributed by atoms with E-state index in [0.717, 1.165) is 11.8 Å². The summed E-state index contributed by atoms with van der Waals surface area (Å²) in [6, 6.07) is 12.0. The van der Waals surface area contributed by atoms with Crippen molar-refractivity contribution in [3.8, 4) is 17.2 Å². The lowest BCUT2D eigenvalue weighted by Crippen LogP contribution is -2.37. The van der Waals surface area contributed by atoms with E-state index in [1.54, 1.807) is 50.6 Å². The lowest BCUT2D eigenvalue weighted by molar-refractivity contribution is -0.128. The molecule has 2 aromatic rings. The minimum atomic E-state index is -3.34. The van der Waals surface area contributed by atoms with Crippen LogP contribution in [-0.4, -0.2) is 48.0 Å². The first-order chi connectivity index (χ1) is 14.2. The van der Waals surface area contributed by atoms with Gasteiger partial charge in [-0.25, -0.2) is 8.42 Å². The summed E-state index contributed by atoms with van der Waals surface area (Å²) in [6.45, 7) is 2.17. The molecule has 2 rings (SSSR count). The summed E-state index contributed by atoms with van der Waals surface area (Å²) in [5, 5.41) is 2.86. The minimum absolute atomic E-state index is 0.246. The summed E-state index contributed by atoms with van der Waals surface area (Å²) in [6.07, 6.45) is 0.930. The van der Waals surface area contributed by atoms with Crippen molar-refractivity contribution in [3.63, 3.8) is 0 Å². The monoisotopic (exact) mass is 436 g/mol. The molecular formula is C21H28N2O6S. The molecule has 0 aliphatic heterocycles. The van der Waals surface area contributed by atoms with Crippen LogP contribution in [0, 0.1) is 0 Å². The van der Waals surface area contributed by atoms with Gasteiger partial charge in [-0.3, -0.25) is 9.10 Å². The summed E-state index contributed by atoms with van der Waals surface area (Å²) in [5.41, 5.74) is 1.37. The van der Waals surface area contributed by atoms with Crippen LogP contribution in [0.1, 0.15) is 18.9 Å². The Morgan fingerprint density at radius 1 is 1.07 bits per heavy atom. The van der Waals surface area contributed by atoms with Gasteiger partial charge in [0, 0.05) is 13.6 Å². The van der Waals surface area contributed by atoms with E-state index >= 15 is 0 Å². The van der Waals surface area contributed by atoms with Crippen molar-refractivity contribution >= 4 is 21.6 Å². The van der Waals surface area contributed by atoms with Gasteiger partial charge in [0.25, 0.3) is 5.91 Å². The molecule has 30 heavy (non-hydrogen) atoms. The van der Waals surface area contributed by atoms with E-state index in [-0.39, 0.29) is 5.91 Å². The molecule has 0 heterocycles. The zero-order valence-corrected chi connectivity index (χ0v) is 18.7. The van der Waals surface area contributed by atoms with E-state index < -0.39 is 16.1 Å². The number of rotatable bonds is 10. The smallest absolute Gasteiger partial charge is 0.261 e. The van der Waals surface area contributed by atoms with Crippen molar-refractivity contribution in [1.82, 2.24) is 5.32 Å². The number of nitrogens with one attached hydrogen (secondary N) is 1. The fraction of sp³-hybridized carbons (Fsp3) is 0.381. The number of sulfonamides is 1. The Hall–Kier alpha value is -2.94. The molecule has 0 aromatic heterocycles. The summed E-state index contributed by atoms with van der Waals surface area (Å²) in [5.74, 6) is 1.44. The van der Waals surface area contributed by atoms with E-state index in [9.17, 15) is 13.2 Å². The number of benzene rings is 2. The van der Waals surface area contributed by atoms with Crippen molar-refractivity contribution in [3.05, 3.63) is 48.0 Å². The van der Waals surface area contributed by atoms with Crippen LogP contribution in [0.15, 0.2) is 42.5 Å². The fourth-order valence-corrected chi connectivity index (χ4v) is 3.21. The zero-order chi connectivity index (χ0) is 22.3. The number of carbonyl (C=O) groups excluding carboxylic acids is 1. The molecule has 1 amide bonds. The number of anilines is 1. The van der Waals surface area contributed by atoms with Crippen LogP contribution >= 0.6 is 0 Å². The van der Waals surface area contributed by atoms with Crippen LogP contribution in [0.3, 0.4) is 0 Å². The summed E-state index contributed by atoms with van der Waals surface area (Å²) < 4.78 is 40.7. The summed E-state index contributed by atoms with van der Waals surface area (Å²) >= 11 is 0. The fourth-order valence-electron chi connectivity index (χ4n) is 2.71. The molecule has 0 bridgehead atoms. The molecule has 0 saturated heterocycles. The maximum atomic E-state index is 12.6. The first-order valence-electron chi connectivity index (χ1n) is 9.38. The van der Waals surface area contributed by atoms with Crippen LogP contribution in [-0.2, 0) is 21.4 Å². The number of amides is 1. The Labute approximate surface area is 177 Å². The van der Waals surface area contributed by atoms with Gasteiger partial charge >= 0.3 is 0 Å². The molecular weight excluding hydrogens is 408 g/mol. The van der Waals surface area contributed by atoms with Crippen molar-refractivity contribution in [1.29, 1.82) is 0 Å². The SMILES string of the molecule is CC[C@@H](Oc1ccc(N(C)S(C)(=O)=O)cc1)C(=O)NCc1ccc(OC)c(OC)c1. The molecule has 1 N–H and O–H groups in total. The largest absolute Gasteiger partial charge is 0.493 e. The predicted molar refractivity (Wildman–Crippen MR) is 116 cm³/mol. The third kappa shape index (κ3) is 6.03. The number of nitrogens with zero attached hydrogens (tertiary/aromatic N) is 1. The van der Waals surface area contributed by atoms with Crippen molar-refractivity contribution in [2.45, 2.75) is 26.0 Å². The highest BCUT2D eigenvalue weighted by Crippen LogP contribution is 2.27. The number of carbonyl (C=O) groups is 1. The second kappa shape index (κ2) is 10.2. The molecule has 0 aliphatic carbocycles. The van der Waals surface area contributed by atoms with E-state index in [0.29, 0.717) is 35.9 Å². The minimum Gasteiger partial charge on any atom is -0.493 e. The summed E-state index contributed by atoms with van der Waals surface area (Å²) in [7, 11) is 1.25. The molecule has 0 aliphatic rings. The third-order valence-corrected chi connectivity index (χ3v) is 5.76. The average Bonchev–Trinajstić information content (AvgIpc) is 2.74. The van der Waals surface area contributed by atoms with E-state index in [1.165, 1.54) is 11.4 Å². The summed E-state index contributed by atoms with van der Waals surface area (Å²) in [4.78, 5) is 12.6.